The molecule has 7 heteroatoms. The standard InChI is InChI=1S/3C20H32O2.Al/c3*1-2-3-4-5-6-7-8-9-10-11-12-13-14-15-16-17-18-19-20(21)22;/h3*6-7,9-10,12-13,15-16H,2-5,8,11,14,17-19H2,1H3,(H,21,22);/q;;;+3/p-3. The van der Waals surface area contributed by atoms with Gasteiger partial charge in [-0.1, -0.05) is 205 Å². The number of hydrogen-bond donors (Lipinski definition) is 0. The van der Waals surface area contributed by atoms with Gasteiger partial charge in [-0.3, -0.25) is 0 Å². The third-order valence-electron chi connectivity index (χ3n) is 9.63. The van der Waals surface area contributed by atoms with Crippen molar-refractivity contribution in [1.82, 2.24) is 0 Å². The van der Waals surface area contributed by atoms with E-state index in [1.807, 2.05) is 18.2 Å². The largest absolute Gasteiger partial charge is 3.00 e. The Kier molecular flexibility index (Phi) is 68.5. The summed E-state index contributed by atoms with van der Waals surface area (Å²) >= 11 is 0. The third-order valence-corrected chi connectivity index (χ3v) is 9.63. The molecule has 372 valence electrons. The molecule has 0 rings (SSSR count). The van der Waals surface area contributed by atoms with E-state index in [0.717, 1.165) is 77.0 Å². The van der Waals surface area contributed by atoms with Gasteiger partial charge in [-0.15, -0.1) is 0 Å². The molecule has 0 saturated carbocycles. The Hall–Kier alpha value is -4.18. The van der Waals surface area contributed by atoms with Crippen molar-refractivity contribution in [2.45, 2.75) is 213 Å². The maximum absolute atomic E-state index is 10.2. The van der Waals surface area contributed by atoms with Crippen LogP contribution in [0.5, 0.6) is 0 Å². The van der Waals surface area contributed by atoms with Crippen LogP contribution in [0.2, 0.25) is 0 Å². The van der Waals surface area contributed by atoms with E-state index in [2.05, 4.69) is 148 Å². The van der Waals surface area contributed by atoms with Crippen molar-refractivity contribution in [3.8, 4) is 0 Å². The molecular weight excluding hydrogens is 844 g/mol. The summed E-state index contributed by atoms with van der Waals surface area (Å²) in [7, 11) is 0. The molecule has 0 saturated heterocycles. The van der Waals surface area contributed by atoms with Gasteiger partial charge in [-0.05, 0) is 154 Å². The maximum atomic E-state index is 10.2. The molecule has 0 aliphatic rings. The molecule has 0 spiro atoms. The van der Waals surface area contributed by atoms with E-state index in [-0.39, 0.29) is 36.6 Å². The molecule has 0 aromatic carbocycles. The number of carbonyl (C=O) groups excluding carboxylic acids is 3. The first-order valence-electron chi connectivity index (χ1n) is 25.7. The zero-order valence-corrected chi connectivity index (χ0v) is 43.8. The molecule has 0 bridgehead atoms. The predicted octanol–water partition coefficient (Wildman–Crippen LogP) is 14.3. The van der Waals surface area contributed by atoms with E-state index in [4.69, 9.17) is 0 Å². The fraction of sp³-hybridized carbons (Fsp3) is 0.550. The molecule has 0 aliphatic carbocycles. The molecule has 67 heavy (non-hydrogen) atoms. The van der Waals surface area contributed by atoms with E-state index in [1.54, 1.807) is 0 Å². The average molecular weight is 937 g/mol. The quantitative estimate of drug-likeness (QED) is 0.0341. The Morgan fingerprint density at radius 1 is 0.254 bits per heavy atom. The molecule has 6 nitrogen and oxygen atoms in total. The van der Waals surface area contributed by atoms with Gasteiger partial charge in [0.2, 0.25) is 0 Å². The summed E-state index contributed by atoms with van der Waals surface area (Å²) in [4.78, 5) is 30.6. The van der Waals surface area contributed by atoms with Crippen LogP contribution in [0.4, 0.5) is 0 Å². The van der Waals surface area contributed by atoms with Crippen molar-refractivity contribution in [3.63, 3.8) is 0 Å². The minimum absolute atomic E-state index is 0. The van der Waals surface area contributed by atoms with Crippen LogP contribution < -0.4 is 15.3 Å². The number of rotatable bonds is 42. The molecule has 0 unspecified atom stereocenters. The van der Waals surface area contributed by atoms with E-state index >= 15 is 0 Å². The summed E-state index contributed by atoms with van der Waals surface area (Å²) in [6.45, 7) is 6.69. The smallest absolute Gasteiger partial charge is 0.550 e. The third kappa shape index (κ3) is 79.3. The summed E-state index contributed by atoms with van der Waals surface area (Å²) in [5.74, 6) is -2.89. The van der Waals surface area contributed by atoms with Crippen molar-refractivity contribution in [2.75, 3.05) is 0 Å². The van der Waals surface area contributed by atoms with Gasteiger partial charge in [0.25, 0.3) is 0 Å². The Bertz CT molecular complexity index is 1260. The van der Waals surface area contributed by atoms with Crippen LogP contribution in [-0.2, 0) is 14.4 Å². The summed E-state index contributed by atoms with van der Waals surface area (Å²) < 4.78 is 0. The SMILES string of the molecule is CCCCCC=CCC=CCC=CCC=CCCCC(=O)[O-].CCCCCC=CCC=CCC=CCC=CCCCC(=O)[O-].CCCCCC=CCC=CCC=CCC=CCCCC(=O)[O-].[Al+3]. The monoisotopic (exact) mass is 937 g/mol. The number of carboxylic acid groups (broad SMARTS) is 3. The van der Waals surface area contributed by atoms with E-state index in [9.17, 15) is 29.7 Å². The second-order valence-electron chi connectivity index (χ2n) is 16.1. The zero-order chi connectivity index (χ0) is 48.9. The van der Waals surface area contributed by atoms with Crippen molar-refractivity contribution >= 4 is 35.3 Å². The van der Waals surface area contributed by atoms with Gasteiger partial charge in [-0.2, -0.15) is 0 Å². The van der Waals surface area contributed by atoms with E-state index in [0.29, 0.717) is 19.3 Å². The summed E-state index contributed by atoms with van der Waals surface area (Å²) in [6, 6.07) is 0. The van der Waals surface area contributed by atoms with Crippen LogP contribution in [0.25, 0.3) is 0 Å². The van der Waals surface area contributed by atoms with Gasteiger partial charge in [-0.25, -0.2) is 0 Å². The predicted molar refractivity (Wildman–Crippen MR) is 286 cm³/mol. The van der Waals surface area contributed by atoms with Crippen molar-refractivity contribution in [1.29, 1.82) is 0 Å². The zero-order valence-electron chi connectivity index (χ0n) is 42.6. The Morgan fingerprint density at radius 3 is 0.552 bits per heavy atom. The number of aliphatic carboxylic acids is 3. The molecule has 0 N–H and O–H groups in total. The van der Waals surface area contributed by atoms with Gasteiger partial charge in [0.1, 0.15) is 0 Å². The summed E-state index contributed by atoms with van der Waals surface area (Å²) in [5.41, 5.74) is 0. The summed E-state index contributed by atoms with van der Waals surface area (Å²) in [5, 5.41) is 30.6. The van der Waals surface area contributed by atoms with Crippen molar-refractivity contribution in [3.05, 3.63) is 146 Å². The first-order valence-corrected chi connectivity index (χ1v) is 25.7. The van der Waals surface area contributed by atoms with Crippen molar-refractivity contribution < 1.29 is 29.7 Å². The Balaban J connectivity index is -0.000000441. The van der Waals surface area contributed by atoms with Crippen LogP contribution in [0.1, 0.15) is 213 Å². The molecule has 0 atom stereocenters. The van der Waals surface area contributed by atoms with Crippen LogP contribution in [-0.4, -0.2) is 35.3 Å². The number of hydrogen-bond acceptors (Lipinski definition) is 6. The van der Waals surface area contributed by atoms with Gasteiger partial charge in [0.05, 0.1) is 0 Å². The molecule has 0 aromatic heterocycles. The molecule has 0 heterocycles. The normalized spacial score (nSPS) is 12.2. The molecule has 0 radical (unpaired) electrons. The van der Waals surface area contributed by atoms with Crippen molar-refractivity contribution in [2.24, 2.45) is 0 Å². The fourth-order valence-electron chi connectivity index (χ4n) is 5.78. The summed E-state index contributed by atoms with van der Waals surface area (Å²) in [6.07, 6.45) is 81.0. The number of carboxylic acids is 3. The minimum Gasteiger partial charge on any atom is -0.550 e. The van der Waals surface area contributed by atoms with Gasteiger partial charge in [0.15, 0.2) is 0 Å². The number of carbonyl (C=O) groups is 3. The molecular formula is C60H93AlO6. The Labute approximate surface area is 422 Å². The number of unbranched alkanes of at least 4 members (excludes halogenated alkanes) is 12. The molecule has 0 aromatic rings. The molecule has 0 fully saturated rings. The minimum atomic E-state index is -0.962. The first-order chi connectivity index (χ1) is 32.3. The van der Waals surface area contributed by atoms with Crippen LogP contribution in [0.3, 0.4) is 0 Å². The van der Waals surface area contributed by atoms with Gasteiger partial charge in [0, 0.05) is 17.9 Å². The molecule has 0 aliphatic heterocycles. The first kappa shape index (κ1) is 69.4. The second kappa shape index (κ2) is 66.1. The molecule has 0 amide bonds. The van der Waals surface area contributed by atoms with Crippen LogP contribution >= 0.6 is 0 Å². The van der Waals surface area contributed by atoms with Crippen LogP contribution in [0.15, 0.2) is 146 Å². The Morgan fingerprint density at radius 2 is 0.403 bits per heavy atom. The topological polar surface area (TPSA) is 120 Å². The van der Waals surface area contributed by atoms with Gasteiger partial charge < -0.3 is 29.7 Å². The maximum Gasteiger partial charge on any atom is 3.00 e. The average Bonchev–Trinajstić information content (AvgIpc) is 3.29. The second-order valence-corrected chi connectivity index (χ2v) is 16.1. The van der Waals surface area contributed by atoms with E-state index in [1.165, 1.54) is 77.0 Å². The number of allylic oxidation sites excluding steroid dienone is 24. The van der Waals surface area contributed by atoms with E-state index < -0.39 is 17.9 Å². The fourth-order valence-corrected chi connectivity index (χ4v) is 5.78. The van der Waals surface area contributed by atoms with Gasteiger partial charge >= 0.3 is 17.4 Å². The van der Waals surface area contributed by atoms with Crippen LogP contribution in [0, 0.1) is 0 Å².